The van der Waals surface area contributed by atoms with Gasteiger partial charge in [0, 0.05) is 9.64 Å². The fraction of sp³-hybridized carbons (Fsp3) is 0.467. The maximum Gasteiger partial charge on any atom is 0.331 e. The van der Waals surface area contributed by atoms with E-state index in [4.69, 9.17) is 4.74 Å². The Morgan fingerprint density at radius 1 is 1.41 bits per heavy atom. The molecule has 5 nitrogen and oxygen atoms in total. The zero-order valence-electron chi connectivity index (χ0n) is 12.4. The van der Waals surface area contributed by atoms with Crippen LogP contribution in [0.4, 0.5) is 0 Å². The highest BCUT2D eigenvalue weighted by Crippen LogP contribution is 2.50. The van der Waals surface area contributed by atoms with Gasteiger partial charge in [0.15, 0.2) is 5.94 Å². The average molecular weight is 339 g/mol. The van der Waals surface area contributed by atoms with Gasteiger partial charge in [-0.15, -0.1) is 11.8 Å². The maximum absolute atomic E-state index is 12.4. The van der Waals surface area contributed by atoms with Crippen molar-refractivity contribution < 1.29 is 18.5 Å². The molecule has 2 heterocycles. The molecule has 3 rings (SSSR count). The zero-order valence-corrected chi connectivity index (χ0v) is 14.0. The van der Waals surface area contributed by atoms with Crippen molar-refractivity contribution >= 4 is 34.4 Å². The Morgan fingerprint density at radius 3 is 2.73 bits per heavy atom. The molecule has 1 aromatic carbocycles. The summed E-state index contributed by atoms with van der Waals surface area (Å²) in [6, 6.07) is 8.27. The molecule has 1 amide bonds. The van der Waals surface area contributed by atoms with Crippen LogP contribution in [0.5, 0.6) is 0 Å². The van der Waals surface area contributed by atoms with Crippen molar-refractivity contribution in [2.24, 2.45) is 0 Å². The van der Waals surface area contributed by atoms with E-state index in [9.17, 15) is 13.8 Å². The van der Waals surface area contributed by atoms with Gasteiger partial charge in [-0.2, -0.15) is 0 Å². The molecule has 0 saturated carbocycles. The van der Waals surface area contributed by atoms with E-state index >= 15 is 0 Å². The summed E-state index contributed by atoms with van der Waals surface area (Å²) in [6.07, 6.45) is 0.480. The number of nitrogens with zero attached hydrogens (tertiary/aromatic N) is 1. The van der Waals surface area contributed by atoms with Gasteiger partial charge in [0.2, 0.25) is 5.91 Å². The molecule has 2 aliphatic rings. The normalized spacial score (nSPS) is 27.0. The third-order valence-electron chi connectivity index (χ3n) is 3.86. The fourth-order valence-electron chi connectivity index (χ4n) is 2.79. The van der Waals surface area contributed by atoms with Gasteiger partial charge >= 0.3 is 5.97 Å². The number of hydrogen-bond acceptors (Lipinski definition) is 5. The van der Waals surface area contributed by atoms with Crippen LogP contribution in [-0.4, -0.2) is 43.1 Å². The fourth-order valence-corrected chi connectivity index (χ4v) is 5.23. The standard InChI is InChI=1S/C15H17NO4S2/c1-15(2)13(16-11(17)8-12(16)21-15)14(18)20-9-22(19)10-6-4-3-5-7-10/h3-7,12-13H,8-9H2,1-2H3/t12-,13+,22?/m1/s1. The summed E-state index contributed by atoms with van der Waals surface area (Å²) in [4.78, 5) is 26.3. The third-order valence-corrected chi connectivity index (χ3v) is 6.49. The molecule has 0 spiro atoms. The molecule has 0 aliphatic carbocycles. The number of fused-ring (bicyclic) bond motifs is 1. The van der Waals surface area contributed by atoms with E-state index < -0.39 is 22.8 Å². The van der Waals surface area contributed by atoms with Crippen molar-refractivity contribution in [2.45, 2.75) is 41.3 Å². The summed E-state index contributed by atoms with van der Waals surface area (Å²) in [5.41, 5.74) is 0. The minimum absolute atomic E-state index is 0.0193. The van der Waals surface area contributed by atoms with Crippen molar-refractivity contribution in [1.29, 1.82) is 0 Å². The molecule has 2 fully saturated rings. The van der Waals surface area contributed by atoms with Crippen LogP contribution in [-0.2, 0) is 25.1 Å². The lowest BCUT2D eigenvalue weighted by molar-refractivity contribution is -0.159. The predicted octanol–water partition coefficient (Wildman–Crippen LogP) is 1.75. The Hall–Kier alpha value is -1.34. The molecule has 0 N–H and O–H groups in total. The van der Waals surface area contributed by atoms with Gasteiger partial charge in [-0.1, -0.05) is 18.2 Å². The number of β-lactam (4-membered cyclic amide) rings is 1. The molecule has 2 saturated heterocycles. The number of esters is 1. The van der Waals surface area contributed by atoms with Crippen LogP contribution in [0.15, 0.2) is 35.2 Å². The lowest BCUT2D eigenvalue weighted by Crippen LogP contribution is -2.57. The monoisotopic (exact) mass is 339 g/mol. The SMILES string of the molecule is CC1(C)S[C@@H]2CC(=O)N2[C@H]1C(=O)OCS(=O)c1ccccc1. The highest BCUT2D eigenvalue weighted by atomic mass is 32.2. The van der Waals surface area contributed by atoms with E-state index in [0.717, 1.165) is 0 Å². The van der Waals surface area contributed by atoms with Crippen LogP contribution in [0.25, 0.3) is 0 Å². The minimum Gasteiger partial charge on any atom is -0.450 e. The largest absolute Gasteiger partial charge is 0.450 e. The Bertz CT molecular complexity index is 632. The number of hydrogen-bond donors (Lipinski definition) is 0. The van der Waals surface area contributed by atoms with Crippen LogP contribution >= 0.6 is 11.8 Å². The van der Waals surface area contributed by atoms with Crippen molar-refractivity contribution in [3.05, 3.63) is 30.3 Å². The number of benzene rings is 1. The van der Waals surface area contributed by atoms with E-state index in [2.05, 4.69) is 0 Å². The quantitative estimate of drug-likeness (QED) is 0.618. The molecule has 0 aromatic heterocycles. The van der Waals surface area contributed by atoms with Crippen LogP contribution in [0.3, 0.4) is 0 Å². The summed E-state index contributed by atoms with van der Waals surface area (Å²) in [5, 5.41) is 0.0691. The molecule has 7 heteroatoms. The molecule has 0 radical (unpaired) electrons. The topological polar surface area (TPSA) is 63.7 Å². The van der Waals surface area contributed by atoms with E-state index in [1.165, 1.54) is 0 Å². The molecular formula is C15H17NO4S2. The van der Waals surface area contributed by atoms with Gasteiger partial charge in [-0.25, -0.2) is 4.79 Å². The molecule has 2 aliphatic heterocycles. The second-order valence-electron chi connectivity index (χ2n) is 5.82. The number of ether oxygens (including phenoxy) is 1. The molecule has 1 unspecified atom stereocenters. The van der Waals surface area contributed by atoms with Gasteiger partial charge in [0.1, 0.15) is 6.04 Å². The average Bonchev–Trinajstić information content (AvgIpc) is 2.71. The first-order valence-corrected chi connectivity index (χ1v) is 9.19. The van der Waals surface area contributed by atoms with E-state index in [-0.39, 0.29) is 22.0 Å². The Morgan fingerprint density at radius 2 is 2.09 bits per heavy atom. The van der Waals surface area contributed by atoms with Crippen LogP contribution in [0.1, 0.15) is 20.3 Å². The molecule has 1 aromatic rings. The Kier molecular flexibility index (Phi) is 4.03. The van der Waals surface area contributed by atoms with Gasteiger partial charge < -0.3 is 9.64 Å². The van der Waals surface area contributed by atoms with Gasteiger partial charge in [-0.05, 0) is 26.0 Å². The first-order valence-electron chi connectivity index (χ1n) is 6.99. The minimum atomic E-state index is -1.39. The number of amides is 1. The zero-order chi connectivity index (χ0) is 15.9. The second kappa shape index (κ2) is 5.70. The molecule has 118 valence electrons. The van der Waals surface area contributed by atoms with Crippen molar-refractivity contribution in [2.75, 3.05) is 5.94 Å². The van der Waals surface area contributed by atoms with Crippen molar-refractivity contribution in [3.8, 4) is 0 Å². The first kappa shape index (κ1) is 15.6. The lowest BCUT2D eigenvalue weighted by Gasteiger charge is -2.37. The molecule has 3 atom stereocenters. The lowest BCUT2D eigenvalue weighted by atomic mass is 9.98. The summed E-state index contributed by atoms with van der Waals surface area (Å²) in [6.45, 7) is 3.87. The van der Waals surface area contributed by atoms with E-state index in [1.807, 2.05) is 19.9 Å². The summed E-state index contributed by atoms with van der Waals surface area (Å²) in [7, 11) is -1.39. The molecular weight excluding hydrogens is 322 g/mol. The Balaban J connectivity index is 1.65. The highest BCUT2D eigenvalue weighted by Gasteiger charge is 2.59. The third kappa shape index (κ3) is 2.67. The number of thioether (sulfide) groups is 1. The summed E-state index contributed by atoms with van der Waals surface area (Å²) < 4.78 is 16.9. The van der Waals surface area contributed by atoms with Crippen LogP contribution < -0.4 is 0 Å². The predicted molar refractivity (Wildman–Crippen MR) is 84.5 cm³/mol. The van der Waals surface area contributed by atoms with Gasteiger partial charge in [-0.3, -0.25) is 9.00 Å². The van der Waals surface area contributed by atoms with Crippen molar-refractivity contribution in [1.82, 2.24) is 4.90 Å². The molecule has 0 bridgehead atoms. The summed E-state index contributed by atoms with van der Waals surface area (Å²) in [5.74, 6) is -0.682. The van der Waals surface area contributed by atoms with Gasteiger partial charge in [0.05, 0.1) is 22.6 Å². The maximum atomic E-state index is 12.4. The van der Waals surface area contributed by atoms with Crippen molar-refractivity contribution in [3.63, 3.8) is 0 Å². The smallest absolute Gasteiger partial charge is 0.331 e. The van der Waals surface area contributed by atoms with E-state index in [0.29, 0.717) is 11.3 Å². The second-order valence-corrected chi connectivity index (χ2v) is 9.05. The Labute approximate surface area is 135 Å². The molecule has 22 heavy (non-hydrogen) atoms. The van der Waals surface area contributed by atoms with E-state index in [1.54, 1.807) is 40.9 Å². The van der Waals surface area contributed by atoms with Crippen LogP contribution in [0.2, 0.25) is 0 Å². The number of rotatable bonds is 4. The van der Waals surface area contributed by atoms with Gasteiger partial charge in [0.25, 0.3) is 0 Å². The number of carbonyl (C=O) groups is 2. The summed E-state index contributed by atoms with van der Waals surface area (Å²) >= 11 is 1.62. The van der Waals surface area contributed by atoms with Crippen LogP contribution in [0, 0.1) is 0 Å². The first-order chi connectivity index (χ1) is 10.4. The number of carbonyl (C=O) groups excluding carboxylic acids is 2. The highest BCUT2D eigenvalue weighted by molar-refractivity contribution is 8.01.